The highest BCUT2D eigenvalue weighted by molar-refractivity contribution is 8.18. The van der Waals surface area contributed by atoms with Crippen molar-refractivity contribution in [1.29, 1.82) is 0 Å². The van der Waals surface area contributed by atoms with E-state index in [1.165, 1.54) is 12.1 Å². The predicted molar refractivity (Wildman–Crippen MR) is 125 cm³/mol. The van der Waals surface area contributed by atoms with Gasteiger partial charge < -0.3 is 15.0 Å². The molecule has 4 rings (SSSR count). The quantitative estimate of drug-likeness (QED) is 0.534. The van der Waals surface area contributed by atoms with Crippen LogP contribution in [0.25, 0.3) is 11.8 Å². The Bertz CT molecular complexity index is 1280. The van der Waals surface area contributed by atoms with Crippen molar-refractivity contribution in [3.63, 3.8) is 0 Å². The van der Waals surface area contributed by atoms with Crippen molar-refractivity contribution in [3.05, 3.63) is 88.6 Å². The van der Waals surface area contributed by atoms with Crippen LogP contribution in [0.5, 0.6) is 0 Å². The van der Waals surface area contributed by atoms with Gasteiger partial charge in [0, 0.05) is 23.3 Å². The zero-order valence-electron chi connectivity index (χ0n) is 17.5. The first-order valence-electron chi connectivity index (χ1n) is 9.95. The summed E-state index contributed by atoms with van der Waals surface area (Å²) >= 11 is 0.768. The zero-order chi connectivity index (χ0) is 23.5. The topological polar surface area (TPSA) is 109 Å². The monoisotopic (exact) mass is 461 g/mol. The minimum Gasteiger partial charge on any atom is -0.478 e. The van der Waals surface area contributed by atoms with E-state index in [1.54, 1.807) is 53.2 Å². The Balaban J connectivity index is 1.49. The molecule has 2 aromatic carbocycles. The van der Waals surface area contributed by atoms with Crippen LogP contribution in [0, 0.1) is 6.92 Å². The van der Waals surface area contributed by atoms with Gasteiger partial charge in [0.15, 0.2) is 0 Å². The number of nitrogens with zero attached hydrogens (tertiary/aromatic N) is 2. The van der Waals surface area contributed by atoms with Crippen LogP contribution in [0.1, 0.15) is 21.6 Å². The van der Waals surface area contributed by atoms with Gasteiger partial charge in [0.05, 0.1) is 10.5 Å². The predicted octanol–water partition coefficient (Wildman–Crippen LogP) is 4.16. The van der Waals surface area contributed by atoms with Crippen LogP contribution in [0.4, 0.5) is 10.5 Å². The van der Waals surface area contributed by atoms with Gasteiger partial charge in [-0.2, -0.15) is 0 Å². The molecule has 0 saturated carbocycles. The minimum absolute atomic E-state index is 0.164. The van der Waals surface area contributed by atoms with Crippen LogP contribution in [-0.2, 0) is 9.59 Å². The third-order valence-corrected chi connectivity index (χ3v) is 5.87. The first kappa shape index (κ1) is 22.1. The van der Waals surface area contributed by atoms with E-state index in [0.29, 0.717) is 17.1 Å². The lowest BCUT2D eigenvalue weighted by Crippen LogP contribution is -2.36. The molecule has 9 heteroatoms. The van der Waals surface area contributed by atoms with E-state index < -0.39 is 23.0 Å². The van der Waals surface area contributed by atoms with Gasteiger partial charge in [0.25, 0.3) is 11.1 Å². The number of carboxylic acid groups (broad SMARTS) is 1. The van der Waals surface area contributed by atoms with Gasteiger partial charge in [-0.3, -0.25) is 19.3 Å². The molecule has 0 spiro atoms. The van der Waals surface area contributed by atoms with E-state index in [-0.39, 0.29) is 17.0 Å². The summed E-state index contributed by atoms with van der Waals surface area (Å²) in [4.78, 5) is 49.7. The molecule has 3 amide bonds. The number of carbonyl (C=O) groups excluding carboxylic acids is 3. The molecular formula is C24H19N3O5S. The normalized spacial score (nSPS) is 14.7. The lowest BCUT2D eigenvalue weighted by atomic mass is 10.2. The molecule has 3 aromatic rings. The maximum absolute atomic E-state index is 12.8. The Hall–Kier alpha value is -4.11. The largest absolute Gasteiger partial charge is 0.478 e. The molecule has 0 bridgehead atoms. The fourth-order valence-electron chi connectivity index (χ4n) is 3.26. The van der Waals surface area contributed by atoms with E-state index in [2.05, 4.69) is 5.32 Å². The summed E-state index contributed by atoms with van der Waals surface area (Å²) in [7, 11) is 0. The van der Waals surface area contributed by atoms with Crippen LogP contribution in [0.15, 0.2) is 71.8 Å². The van der Waals surface area contributed by atoms with Gasteiger partial charge in [-0.25, -0.2) is 4.79 Å². The van der Waals surface area contributed by atoms with E-state index >= 15 is 0 Å². The third kappa shape index (κ3) is 4.88. The van der Waals surface area contributed by atoms with Gasteiger partial charge in [0.2, 0.25) is 5.91 Å². The Morgan fingerprint density at radius 2 is 1.73 bits per heavy atom. The highest BCUT2D eigenvalue weighted by Crippen LogP contribution is 2.32. The van der Waals surface area contributed by atoms with E-state index in [9.17, 15) is 19.2 Å². The van der Waals surface area contributed by atoms with Crippen molar-refractivity contribution < 1.29 is 24.3 Å². The molecule has 0 radical (unpaired) electrons. The first-order chi connectivity index (χ1) is 15.8. The number of anilines is 1. The number of rotatable bonds is 6. The highest BCUT2D eigenvalue weighted by atomic mass is 32.2. The summed E-state index contributed by atoms with van der Waals surface area (Å²) in [5.41, 5.74) is 3.13. The number of amides is 3. The number of carboxylic acids is 1. The van der Waals surface area contributed by atoms with Crippen LogP contribution < -0.4 is 5.32 Å². The number of hydrogen-bond acceptors (Lipinski definition) is 5. The molecule has 2 heterocycles. The molecule has 0 atom stereocenters. The summed E-state index contributed by atoms with van der Waals surface area (Å²) < 4.78 is 1.77. The minimum atomic E-state index is -1.02. The average molecular weight is 461 g/mol. The van der Waals surface area contributed by atoms with E-state index in [4.69, 9.17) is 5.11 Å². The summed E-state index contributed by atoms with van der Waals surface area (Å²) in [5, 5.41) is 11.2. The number of aryl methyl sites for hydroxylation is 1. The second-order valence-corrected chi connectivity index (χ2v) is 8.33. The number of thioether (sulfide) groups is 1. The number of benzene rings is 2. The molecule has 8 nitrogen and oxygen atoms in total. The highest BCUT2D eigenvalue weighted by Gasteiger charge is 2.36. The van der Waals surface area contributed by atoms with Gasteiger partial charge >= 0.3 is 5.97 Å². The number of imide groups is 1. The van der Waals surface area contributed by atoms with Crippen LogP contribution in [0.3, 0.4) is 0 Å². The van der Waals surface area contributed by atoms with Crippen molar-refractivity contribution >= 4 is 46.5 Å². The average Bonchev–Trinajstić information content (AvgIpc) is 3.35. The molecule has 1 aliphatic rings. The van der Waals surface area contributed by atoms with Crippen molar-refractivity contribution in [3.8, 4) is 5.69 Å². The molecule has 1 fully saturated rings. The second kappa shape index (κ2) is 9.17. The van der Waals surface area contributed by atoms with Gasteiger partial charge in [-0.15, -0.1) is 0 Å². The molecule has 1 aromatic heterocycles. The Morgan fingerprint density at radius 1 is 1.03 bits per heavy atom. The number of aromatic carboxylic acids is 1. The van der Waals surface area contributed by atoms with Gasteiger partial charge in [0.1, 0.15) is 6.54 Å². The second-order valence-electron chi connectivity index (χ2n) is 7.34. The lowest BCUT2D eigenvalue weighted by Gasteiger charge is -2.12. The number of nitrogens with one attached hydrogen (secondary N) is 1. The molecule has 2 N–H and O–H groups in total. The molecule has 33 heavy (non-hydrogen) atoms. The Morgan fingerprint density at radius 3 is 2.39 bits per heavy atom. The smallest absolute Gasteiger partial charge is 0.335 e. The number of hydrogen-bond donors (Lipinski definition) is 2. The SMILES string of the molecule is Cc1ccc(NC(=O)CN2C(=O)S/C(=C\c3cccn3-c3ccc(C(=O)O)cc3)C2=O)cc1. The maximum Gasteiger partial charge on any atom is 0.335 e. The van der Waals surface area contributed by atoms with Crippen LogP contribution >= 0.6 is 11.8 Å². The standard InChI is InChI=1S/C24H19N3O5S/c1-15-4-8-17(9-5-15)25-21(28)14-27-22(29)20(33-24(27)32)13-19-3-2-12-26(19)18-10-6-16(7-11-18)23(30)31/h2-13H,14H2,1H3,(H,25,28)(H,30,31)/b20-13-. The van der Waals surface area contributed by atoms with E-state index in [1.807, 2.05) is 19.1 Å². The third-order valence-electron chi connectivity index (χ3n) is 4.96. The molecule has 1 saturated heterocycles. The van der Waals surface area contributed by atoms with Gasteiger partial charge in [-0.05, 0) is 73.3 Å². The van der Waals surface area contributed by atoms with Crippen molar-refractivity contribution in [1.82, 2.24) is 9.47 Å². The fraction of sp³-hybridized carbons (Fsp3) is 0.0833. The number of carbonyl (C=O) groups is 4. The molecular weight excluding hydrogens is 442 g/mol. The van der Waals surface area contributed by atoms with Crippen molar-refractivity contribution in [2.24, 2.45) is 0 Å². The zero-order valence-corrected chi connectivity index (χ0v) is 18.3. The summed E-state index contributed by atoms with van der Waals surface area (Å²) in [6.45, 7) is 1.55. The molecule has 1 aliphatic heterocycles. The molecule has 0 unspecified atom stereocenters. The van der Waals surface area contributed by atoms with Crippen LogP contribution in [-0.4, -0.2) is 44.1 Å². The Kier molecular flexibility index (Phi) is 6.14. The van der Waals surface area contributed by atoms with Crippen molar-refractivity contribution in [2.45, 2.75) is 6.92 Å². The number of aromatic nitrogens is 1. The fourth-order valence-corrected chi connectivity index (χ4v) is 4.09. The molecule has 166 valence electrons. The maximum atomic E-state index is 12.8. The van der Waals surface area contributed by atoms with E-state index in [0.717, 1.165) is 22.2 Å². The first-order valence-corrected chi connectivity index (χ1v) is 10.8. The Labute approximate surface area is 193 Å². The lowest BCUT2D eigenvalue weighted by molar-refractivity contribution is -0.127. The molecule has 0 aliphatic carbocycles. The summed E-state index contributed by atoms with van der Waals surface area (Å²) in [6, 6.07) is 17.0. The van der Waals surface area contributed by atoms with Crippen molar-refractivity contribution in [2.75, 3.05) is 11.9 Å². The van der Waals surface area contributed by atoms with Crippen LogP contribution in [0.2, 0.25) is 0 Å². The summed E-state index contributed by atoms with van der Waals surface area (Å²) in [6.07, 6.45) is 3.34. The summed E-state index contributed by atoms with van der Waals surface area (Å²) in [5.74, 6) is -2.03. The van der Waals surface area contributed by atoms with Gasteiger partial charge in [-0.1, -0.05) is 17.7 Å².